The Bertz CT molecular complexity index is 794. The molecule has 6 heteroatoms. The van der Waals surface area contributed by atoms with Gasteiger partial charge in [0.15, 0.2) is 5.82 Å². The van der Waals surface area contributed by atoms with Crippen LogP contribution in [-0.4, -0.2) is 46.7 Å². The minimum Gasteiger partial charge on any atom is -0.351 e. The van der Waals surface area contributed by atoms with Gasteiger partial charge in [0.05, 0.1) is 6.42 Å². The highest BCUT2D eigenvalue weighted by Gasteiger charge is 2.29. The van der Waals surface area contributed by atoms with Crippen LogP contribution in [0.1, 0.15) is 36.8 Å². The first-order valence-corrected chi connectivity index (χ1v) is 9.22. The molecule has 1 aromatic heterocycles. The molecule has 2 fully saturated rings. The van der Waals surface area contributed by atoms with E-state index in [4.69, 9.17) is 0 Å². The predicted molar refractivity (Wildman–Crippen MR) is 97.5 cm³/mol. The maximum absolute atomic E-state index is 14.2. The van der Waals surface area contributed by atoms with Crippen LogP contribution in [0.15, 0.2) is 36.5 Å². The van der Waals surface area contributed by atoms with Crippen molar-refractivity contribution in [2.75, 3.05) is 24.5 Å². The van der Waals surface area contributed by atoms with Crippen molar-refractivity contribution in [2.45, 2.75) is 38.1 Å². The smallest absolute Gasteiger partial charge is 0.227 e. The van der Waals surface area contributed by atoms with Crippen molar-refractivity contribution in [1.29, 1.82) is 0 Å². The zero-order valence-electron chi connectivity index (χ0n) is 14.9. The van der Waals surface area contributed by atoms with Gasteiger partial charge in [-0.15, -0.1) is 5.10 Å². The molecule has 0 radical (unpaired) electrons. The average Bonchev–Trinajstić information content (AvgIpc) is 3.47. The van der Waals surface area contributed by atoms with Gasteiger partial charge in [0, 0.05) is 31.9 Å². The molecule has 2 aliphatic rings. The van der Waals surface area contributed by atoms with E-state index in [-0.39, 0.29) is 24.2 Å². The summed E-state index contributed by atoms with van der Waals surface area (Å²) in [5.74, 6) is 1.10. The predicted octanol–water partition coefficient (Wildman–Crippen LogP) is 2.77. The van der Waals surface area contributed by atoms with Gasteiger partial charge in [-0.3, -0.25) is 4.79 Å². The molecule has 2 aromatic rings. The Morgan fingerprint density at radius 3 is 2.77 bits per heavy atom. The first kappa shape index (κ1) is 16.9. The van der Waals surface area contributed by atoms with Crippen molar-refractivity contribution in [3.63, 3.8) is 0 Å². The molecule has 5 nitrogen and oxygen atoms in total. The van der Waals surface area contributed by atoms with Gasteiger partial charge in [-0.2, -0.15) is 5.10 Å². The molecule has 0 unspecified atom stereocenters. The van der Waals surface area contributed by atoms with Crippen molar-refractivity contribution in [2.24, 2.45) is 0 Å². The summed E-state index contributed by atoms with van der Waals surface area (Å²) in [4.78, 5) is 16.8. The fourth-order valence-electron chi connectivity index (χ4n) is 3.68. The summed E-state index contributed by atoms with van der Waals surface area (Å²) in [5.41, 5.74) is 1.55. The minimum absolute atomic E-state index is 0.0508. The van der Waals surface area contributed by atoms with E-state index < -0.39 is 0 Å². The first-order valence-electron chi connectivity index (χ1n) is 9.22. The molecule has 0 N–H and O–H groups in total. The van der Waals surface area contributed by atoms with Gasteiger partial charge < -0.3 is 9.80 Å². The number of piperazine rings is 1. The first-order chi connectivity index (χ1) is 12.6. The lowest BCUT2D eigenvalue weighted by atomic mass is 10.0. The Hall–Kier alpha value is -2.50. The van der Waals surface area contributed by atoms with Gasteiger partial charge in [0.2, 0.25) is 5.91 Å². The molecule has 2 heterocycles. The number of carbonyl (C=O) groups excluding carboxylic acids is 1. The van der Waals surface area contributed by atoms with Crippen LogP contribution < -0.4 is 4.90 Å². The second-order valence-corrected chi connectivity index (χ2v) is 7.27. The zero-order chi connectivity index (χ0) is 18.1. The summed E-state index contributed by atoms with van der Waals surface area (Å²) in [5, 5.41) is 8.06. The minimum atomic E-state index is -0.168. The van der Waals surface area contributed by atoms with Gasteiger partial charge in [0.25, 0.3) is 0 Å². The molecule has 1 aromatic carbocycles. The average molecular weight is 354 g/mol. The standard InChI is InChI=1S/C20H23FN4O/c1-14-13-24(19-3-2-8-22-23-19)9-10-25(14)20(26)12-15-4-7-17(16-5-6-16)18(21)11-15/h2-4,7-8,11,14,16H,5-6,9-10,12-13H2,1H3/t14-/m1/s1. The molecule has 1 aliphatic carbocycles. The number of hydrogen-bond donors (Lipinski definition) is 0. The van der Waals surface area contributed by atoms with E-state index in [1.54, 1.807) is 6.20 Å². The molecule has 4 rings (SSSR count). The lowest BCUT2D eigenvalue weighted by molar-refractivity contribution is -0.132. The molecule has 1 saturated carbocycles. The number of rotatable bonds is 4. The Morgan fingerprint density at radius 1 is 1.27 bits per heavy atom. The van der Waals surface area contributed by atoms with Crippen molar-refractivity contribution in [3.8, 4) is 0 Å². The highest BCUT2D eigenvalue weighted by atomic mass is 19.1. The second kappa shape index (κ2) is 7.02. The number of carbonyl (C=O) groups is 1. The van der Waals surface area contributed by atoms with Gasteiger partial charge >= 0.3 is 0 Å². The molecule has 1 atom stereocenters. The largest absolute Gasteiger partial charge is 0.351 e. The number of amides is 1. The number of halogens is 1. The Kier molecular flexibility index (Phi) is 4.57. The van der Waals surface area contributed by atoms with E-state index >= 15 is 0 Å². The Morgan fingerprint density at radius 2 is 2.12 bits per heavy atom. The Labute approximate surface area is 152 Å². The number of nitrogens with zero attached hydrogens (tertiary/aromatic N) is 4. The molecule has 1 aliphatic heterocycles. The highest BCUT2D eigenvalue weighted by Crippen LogP contribution is 2.41. The topological polar surface area (TPSA) is 49.3 Å². The van der Waals surface area contributed by atoms with Crippen molar-refractivity contribution < 1.29 is 9.18 Å². The summed E-state index contributed by atoms with van der Waals surface area (Å²) < 4.78 is 14.2. The monoisotopic (exact) mass is 354 g/mol. The third-order valence-corrected chi connectivity index (χ3v) is 5.27. The van der Waals surface area contributed by atoms with Crippen LogP contribution in [0.2, 0.25) is 0 Å². The second-order valence-electron chi connectivity index (χ2n) is 7.27. The lowest BCUT2D eigenvalue weighted by Crippen LogP contribution is -2.54. The van der Waals surface area contributed by atoms with E-state index in [1.807, 2.05) is 36.1 Å². The third-order valence-electron chi connectivity index (χ3n) is 5.27. The van der Waals surface area contributed by atoms with Crippen LogP contribution >= 0.6 is 0 Å². The van der Waals surface area contributed by atoms with Crippen molar-refractivity contribution in [3.05, 3.63) is 53.5 Å². The van der Waals surface area contributed by atoms with Crippen LogP contribution in [-0.2, 0) is 11.2 Å². The van der Waals surface area contributed by atoms with Crippen LogP contribution in [0.5, 0.6) is 0 Å². The summed E-state index contributed by atoms with van der Waals surface area (Å²) in [6.45, 7) is 4.12. The zero-order valence-corrected chi connectivity index (χ0v) is 14.9. The summed E-state index contributed by atoms with van der Waals surface area (Å²) in [6, 6.07) is 9.16. The number of benzene rings is 1. The molecular weight excluding hydrogens is 331 g/mol. The molecule has 26 heavy (non-hydrogen) atoms. The van der Waals surface area contributed by atoms with Gasteiger partial charge in [0.1, 0.15) is 5.82 Å². The normalized spacial score (nSPS) is 20.3. The molecule has 136 valence electrons. The molecule has 0 spiro atoms. The van der Waals surface area contributed by atoms with Gasteiger partial charge in [-0.1, -0.05) is 12.1 Å². The van der Waals surface area contributed by atoms with Crippen LogP contribution in [0.4, 0.5) is 10.2 Å². The van der Waals surface area contributed by atoms with Gasteiger partial charge in [-0.25, -0.2) is 4.39 Å². The van der Waals surface area contributed by atoms with Crippen LogP contribution in [0.25, 0.3) is 0 Å². The fraction of sp³-hybridized carbons (Fsp3) is 0.450. The maximum atomic E-state index is 14.2. The van der Waals surface area contributed by atoms with Crippen molar-refractivity contribution in [1.82, 2.24) is 15.1 Å². The lowest BCUT2D eigenvalue weighted by Gasteiger charge is -2.40. The van der Waals surface area contributed by atoms with E-state index in [2.05, 4.69) is 15.1 Å². The SMILES string of the molecule is C[C@@H]1CN(c2cccnn2)CCN1C(=O)Cc1ccc(C2CC2)c(F)c1. The summed E-state index contributed by atoms with van der Waals surface area (Å²) >= 11 is 0. The Balaban J connectivity index is 1.38. The summed E-state index contributed by atoms with van der Waals surface area (Å²) in [6.07, 6.45) is 4.04. The number of aromatic nitrogens is 2. The fourth-order valence-corrected chi connectivity index (χ4v) is 3.68. The molecule has 0 bridgehead atoms. The van der Waals surface area contributed by atoms with E-state index in [0.29, 0.717) is 12.5 Å². The molecule has 1 saturated heterocycles. The number of anilines is 1. The van der Waals surface area contributed by atoms with Crippen LogP contribution in [0.3, 0.4) is 0 Å². The molecular formula is C20H23FN4O. The summed E-state index contributed by atoms with van der Waals surface area (Å²) in [7, 11) is 0. The number of hydrogen-bond acceptors (Lipinski definition) is 4. The third kappa shape index (κ3) is 3.54. The van der Waals surface area contributed by atoms with E-state index in [1.165, 1.54) is 6.07 Å². The highest BCUT2D eigenvalue weighted by molar-refractivity contribution is 5.79. The van der Waals surface area contributed by atoms with Crippen molar-refractivity contribution >= 4 is 11.7 Å². The van der Waals surface area contributed by atoms with E-state index in [9.17, 15) is 9.18 Å². The van der Waals surface area contributed by atoms with Gasteiger partial charge in [-0.05, 0) is 55.0 Å². The molecule has 1 amide bonds. The quantitative estimate of drug-likeness (QED) is 0.847. The van der Waals surface area contributed by atoms with Crippen LogP contribution in [0, 0.1) is 5.82 Å². The van der Waals surface area contributed by atoms with E-state index in [0.717, 1.165) is 42.9 Å². The maximum Gasteiger partial charge on any atom is 0.227 e.